The molecule has 0 amide bonds. The monoisotopic (exact) mass is 792 g/mol. The molecule has 0 saturated carbocycles. The molecule has 60 heavy (non-hydrogen) atoms. The fraction of sp³-hybridized carbons (Fsp3) is 0.222. The number of hydrogen-bond acceptors (Lipinski definition) is 6. The minimum atomic E-state index is 0.0168. The van der Waals surface area contributed by atoms with Crippen LogP contribution in [0.15, 0.2) is 127 Å². The highest BCUT2D eigenvalue weighted by Crippen LogP contribution is 2.66. The summed E-state index contributed by atoms with van der Waals surface area (Å²) in [7, 11) is 8.70. The molecule has 0 fully saturated rings. The molecule has 0 spiro atoms. The molecule has 6 heteroatoms. The molecule has 300 valence electrons. The Labute approximate surface area is 351 Å². The lowest BCUT2D eigenvalue weighted by atomic mass is 9.77. The Hall–Kier alpha value is -6.50. The highest BCUT2D eigenvalue weighted by Gasteiger charge is 2.47. The molecule has 0 heterocycles. The second-order valence-electron chi connectivity index (χ2n) is 16.2. The molecule has 0 aliphatic heterocycles. The van der Waals surface area contributed by atoms with E-state index < -0.39 is 0 Å². The summed E-state index contributed by atoms with van der Waals surface area (Å²) >= 11 is 0. The van der Waals surface area contributed by atoms with Gasteiger partial charge in [0.2, 0.25) is 0 Å². The second kappa shape index (κ2) is 15.3. The zero-order valence-electron chi connectivity index (χ0n) is 34.7. The van der Waals surface area contributed by atoms with Gasteiger partial charge in [0, 0.05) is 17.8 Å². The van der Waals surface area contributed by atoms with Gasteiger partial charge in [-0.25, -0.2) is 0 Å². The molecule has 7 aromatic rings. The van der Waals surface area contributed by atoms with E-state index in [9.17, 15) is 5.11 Å². The first-order chi connectivity index (χ1) is 29.4. The zero-order chi connectivity index (χ0) is 41.1. The molecule has 0 bridgehead atoms. The van der Waals surface area contributed by atoms with Crippen LogP contribution in [0.3, 0.4) is 0 Å². The van der Waals surface area contributed by atoms with E-state index in [1.54, 1.807) is 35.5 Å². The smallest absolute Gasteiger partial charge is 0.119 e. The van der Waals surface area contributed by atoms with Crippen LogP contribution in [0.25, 0.3) is 33.4 Å². The summed E-state index contributed by atoms with van der Waals surface area (Å²) < 4.78 is 29.1. The molecule has 0 aromatic heterocycles. The van der Waals surface area contributed by atoms with E-state index in [0.717, 1.165) is 53.6 Å². The summed E-state index contributed by atoms with van der Waals surface area (Å²) in [5.74, 6) is 4.39. The fourth-order valence-corrected chi connectivity index (χ4v) is 10.4. The number of ether oxygens (including phenoxy) is 5. The lowest BCUT2D eigenvalue weighted by molar-refractivity contribution is 0.282. The van der Waals surface area contributed by atoms with Gasteiger partial charge in [-0.2, -0.15) is 0 Å². The number of aliphatic hydroxyl groups is 1. The van der Waals surface area contributed by atoms with Crippen LogP contribution in [-0.4, -0.2) is 40.7 Å². The van der Waals surface area contributed by atoms with E-state index >= 15 is 0 Å². The molecule has 7 aromatic carbocycles. The maximum absolute atomic E-state index is 9.93. The third-order valence-corrected chi connectivity index (χ3v) is 13.2. The largest absolute Gasteiger partial charge is 0.497 e. The first kappa shape index (κ1) is 37.7. The van der Waals surface area contributed by atoms with Gasteiger partial charge in [-0.05, 0) is 169 Å². The maximum atomic E-state index is 9.93. The van der Waals surface area contributed by atoms with E-state index in [-0.39, 0.29) is 24.4 Å². The van der Waals surface area contributed by atoms with Crippen LogP contribution < -0.4 is 23.7 Å². The molecule has 6 nitrogen and oxygen atoms in total. The SMILES string of the molecule is COc1ccc(CC2c3cc(OC)ccc3-c3c4c(c5c(c32)-c2ccc(OC)cc2C5Cc2ccc(OC)cc2)-c2ccc(OC)cc2C4Cc2ccc(CO)cc2)cc1. The van der Waals surface area contributed by atoms with Gasteiger partial charge in [0.1, 0.15) is 28.7 Å². The van der Waals surface area contributed by atoms with Gasteiger partial charge in [-0.15, -0.1) is 0 Å². The topological polar surface area (TPSA) is 66.4 Å². The molecule has 0 saturated heterocycles. The van der Waals surface area contributed by atoms with Gasteiger partial charge in [0.05, 0.1) is 42.2 Å². The van der Waals surface area contributed by atoms with Gasteiger partial charge in [0.25, 0.3) is 0 Å². The molecule has 3 unspecified atom stereocenters. The van der Waals surface area contributed by atoms with E-state index in [0.29, 0.717) is 0 Å². The summed E-state index contributed by atoms with van der Waals surface area (Å²) in [6.07, 6.45) is 2.42. The van der Waals surface area contributed by atoms with Crippen molar-refractivity contribution in [2.75, 3.05) is 35.5 Å². The molecule has 3 aliphatic rings. The van der Waals surface area contributed by atoms with Crippen molar-refractivity contribution in [1.29, 1.82) is 0 Å². The Morgan fingerprint density at radius 3 is 0.900 bits per heavy atom. The van der Waals surface area contributed by atoms with Crippen LogP contribution in [0.2, 0.25) is 0 Å². The Morgan fingerprint density at radius 1 is 0.350 bits per heavy atom. The van der Waals surface area contributed by atoms with E-state index in [1.165, 1.54) is 83.5 Å². The lowest BCUT2D eigenvalue weighted by Crippen LogP contribution is -2.09. The summed E-state index contributed by atoms with van der Waals surface area (Å²) in [6.45, 7) is 0.0168. The quantitative estimate of drug-likeness (QED) is 0.133. The standard InChI is InChI=1S/C54H48O6/c1-56-35-14-10-32(11-15-35)25-47-44-28-38(59-4)19-22-41(44)50-52-46(24-31-6-8-34(30-55)9-7-31)43-27-37(58-3)18-21-40(43)49(52)53-48(26-33-12-16-36(57-2)17-13-33)45-29-39(60-5)20-23-42(45)51(53)54(47)50/h6-23,27-29,46-48,55H,24-26,30H2,1-5H3. The van der Waals surface area contributed by atoms with Crippen LogP contribution in [0, 0.1) is 0 Å². The van der Waals surface area contributed by atoms with Gasteiger partial charge >= 0.3 is 0 Å². The van der Waals surface area contributed by atoms with Gasteiger partial charge < -0.3 is 28.8 Å². The van der Waals surface area contributed by atoms with E-state index in [2.05, 4.69) is 115 Å². The van der Waals surface area contributed by atoms with Crippen molar-refractivity contribution in [2.45, 2.75) is 43.6 Å². The van der Waals surface area contributed by atoms with Crippen LogP contribution >= 0.6 is 0 Å². The highest BCUT2D eigenvalue weighted by atomic mass is 16.5. The van der Waals surface area contributed by atoms with Crippen LogP contribution in [-0.2, 0) is 25.9 Å². The molecule has 1 N–H and O–H groups in total. The summed E-state index contributed by atoms with van der Waals surface area (Å²) in [5, 5.41) is 9.93. The van der Waals surface area contributed by atoms with Crippen LogP contribution in [0.5, 0.6) is 28.7 Å². The summed E-state index contributed by atoms with van der Waals surface area (Å²) in [4.78, 5) is 0. The molecule has 10 rings (SSSR count). The number of fused-ring (bicyclic) bond motifs is 12. The van der Waals surface area contributed by atoms with Crippen molar-refractivity contribution in [1.82, 2.24) is 0 Å². The molecular formula is C54H48O6. The third kappa shape index (κ3) is 6.12. The van der Waals surface area contributed by atoms with Crippen molar-refractivity contribution in [2.24, 2.45) is 0 Å². The average molecular weight is 793 g/mol. The predicted molar refractivity (Wildman–Crippen MR) is 237 cm³/mol. The Balaban J connectivity index is 1.30. The van der Waals surface area contributed by atoms with Crippen LogP contribution in [0.4, 0.5) is 0 Å². The second-order valence-corrected chi connectivity index (χ2v) is 16.2. The number of benzene rings is 7. The van der Waals surface area contributed by atoms with Crippen molar-refractivity contribution in [3.63, 3.8) is 0 Å². The van der Waals surface area contributed by atoms with Crippen molar-refractivity contribution in [3.8, 4) is 62.1 Å². The summed E-state index contributed by atoms with van der Waals surface area (Å²) in [6, 6.07) is 45.6. The van der Waals surface area contributed by atoms with E-state index in [4.69, 9.17) is 23.7 Å². The Kier molecular flexibility index (Phi) is 9.61. The average Bonchev–Trinajstić information content (AvgIpc) is 3.91. The van der Waals surface area contributed by atoms with Gasteiger partial charge in [-0.3, -0.25) is 0 Å². The van der Waals surface area contributed by atoms with Crippen LogP contribution in [0.1, 0.15) is 73.4 Å². The van der Waals surface area contributed by atoms with E-state index in [1.807, 2.05) is 12.1 Å². The maximum Gasteiger partial charge on any atom is 0.119 e. The lowest BCUT2D eigenvalue weighted by Gasteiger charge is -2.25. The third-order valence-electron chi connectivity index (χ3n) is 13.2. The molecule has 3 atom stereocenters. The minimum absolute atomic E-state index is 0.0168. The number of hydrogen-bond donors (Lipinski definition) is 1. The Morgan fingerprint density at radius 2 is 0.617 bits per heavy atom. The van der Waals surface area contributed by atoms with Crippen molar-refractivity contribution < 1.29 is 28.8 Å². The fourth-order valence-electron chi connectivity index (χ4n) is 10.4. The van der Waals surface area contributed by atoms with Crippen molar-refractivity contribution in [3.05, 3.63) is 183 Å². The van der Waals surface area contributed by atoms with Gasteiger partial charge in [-0.1, -0.05) is 66.7 Å². The number of rotatable bonds is 12. The first-order valence-electron chi connectivity index (χ1n) is 20.7. The highest BCUT2D eigenvalue weighted by molar-refractivity contribution is 6.03. The predicted octanol–water partition coefficient (Wildman–Crippen LogP) is 11.3. The Bertz CT molecular complexity index is 2430. The summed E-state index contributed by atoms with van der Waals surface area (Å²) in [5.41, 5.74) is 20.4. The number of methoxy groups -OCH3 is 5. The molecule has 0 radical (unpaired) electrons. The first-order valence-corrected chi connectivity index (χ1v) is 20.7. The van der Waals surface area contributed by atoms with Crippen molar-refractivity contribution >= 4 is 0 Å². The molecule has 3 aliphatic carbocycles. The van der Waals surface area contributed by atoms with Gasteiger partial charge in [0.15, 0.2) is 0 Å². The minimum Gasteiger partial charge on any atom is -0.497 e. The zero-order valence-corrected chi connectivity index (χ0v) is 34.7. The number of aliphatic hydroxyl groups excluding tert-OH is 1. The normalized spacial score (nSPS) is 16.3. The molecular weight excluding hydrogens is 745 g/mol.